The van der Waals surface area contributed by atoms with Crippen LogP contribution in [0.5, 0.6) is 0 Å². The lowest BCUT2D eigenvalue weighted by Crippen LogP contribution is -2.60. The molecule has 0 saturated carbocycles. The molecule has 14 N–H and O–H groups in total. The van der Waals surface area contributed by atoms with Crippen LogP contribution in [0.15, 0.2) is 85.1 Å². The van der Waals surface area contributed by atoms with Crippen molar-refractivity contribution in [3.05, 3.63) is 85.1 Å². The van der Waals surface area contributed by atoms with Crippen molar-refractivity contribution in [2.45, 2.75) is 176 Å². The molecule has 0 aliphatic carbocycles. The molecule has 3 aliphatic heterocycles. The number of amides is 1. The first kappa shape index (κ1) is 57.8. The van der Waals surface area contributed by atoms with Crippen molar-refractivity contribution in [2.75, 3.05) is 13.2 Å². The molecule has 2 saturated heterocycles. The van der Waals surface area contributed by atoms with Crippen LogP contribution >= 0.6 is 0 Å². The number of carbonyl (C=O) groups is 2. The molecule has 0 aromatic carbocycles. The number of hydrogen-bond acceptors (Lipinski definition) is 18. The second-order valence-corrected chi connectivity index (χ2v) is 17.9. The predicted molar refractivity (Wildman–Crippen MR) is 245 cm³/mol. The average molecular weight is 953 g/mol. The fraction of sp³-hybridized carbons (Fsp3) is 0.667. The van der Waals surface area contributed by atoms with Gasteiger partial charge in [-0.15, -0.1) is 0 Å². The van der Waals surface area contributed by atoms with E-state index in [-0.39, 0.29) is 44.6 Å². The van der Waals surface area contributed by atoms with Gasteiger partial charge in [-0.3, -0.25) is 9.59 Å². The van der Waals surface area contributed by atoms with Gasteiger partial charge >= 0.3 is 5.97 Å². The lowest BCUT2D eigenvalue weighted by atomic mass is 9.82. The van der Waals surface area contributed by atoms with Crippen molar-refractivity contribution in [3.63, 3.8) is 0 Å². The molecule has 0 radical (unpaired) electrons. The molecule has 2 bridgehead atoms. The number of esters is 1. The van der Waals surface area contributed by atoms with Crippen molar-refractivity contribution >= 4 is 11.9 Å². The number of fused-ring (bicyclic) bond motifs is 2. The highest BCUT2D eigenvalue weighted by molar-refractivity contribution is 5.80. The minimum atomic E-state index is -2.30. The van der Waals surface area contributed by atoms with Gasteiger partial charge < -0.3 is 86.2 Å². The van der Waals surface area contributed by atoms with Crippen LogP contribution in [0, 0.1) is 11.8 Å². The Labute approximate surface area is 392 Å². The third-order valence-electron chi connectivity index (χ3n) is 11.7. The maximum atomic E-state index is 13.6. The number of allylic oxidation sites excluding steroid dienone is 12. The van der Waals surface area contributed by atoms with Gasteiger partial charge in [-0.05, 0) is 33.1 Å². The largest absolute Gasteiger partial charge is 0.462 e. The molecule has 3 rings (SSSR count). The molecular weight excluding hydrogens is 877 g/mol. The summed E-state index contributed by atoms with van der Waals surface area (Å²) in [5, 5.41) is 121. The Balaban J connectivity index is 1.90. The van der Waals surface area contributed by atoms with Gasteiger partial charge in [0.1, 0.15) is 12.2 Å². The average Bonchev–Trinajstić information content (AvgIpc) is 3.24. The van der Waals surface area contributed by atoms with E-state index in [1.165, 1.54) is 6.92 Å². The highest BCUT2D eigenvalue weighted by Gasteiger charge is 2.50. The summed E-state index contributed by atoms with van der Waals surface area (Å²) in [5.74, 6) is -5.36. The third kappa shape index (κ3) is 21.0. The third-order valence-corrected chi connectivity index (χ3v) is 11.7. The number of nitrogens with two attached hydrogens (primary N) is 1. The van der Waals surface area contributed by atoms with Gasteiger partial charge in [-0.1, -0.05) is 92.0 Å². The number of aliphatic hydroxyl groups excluding tert-OH is 10. The van der Waals surface area contributed by atoms with Crippen LogP contribution in [-0.4, -0.2) is 179 Å². The van der Waals surface area contributed by atoms with Crippen molar-refractivity contribution in [3.8, 4) is 0 Å². The number of rotatable bonds is 5. The Morgan fingerprint density at radius 1 is 0.746 bits per heavy atom. The lowest BCUT2D eigenvalue weighted by Gasteiger charge is -2.46. The van der Waals surface area contributed by atoms with Gasteiger partial charge in [-0.25, -0.2) is 0 Å². The second-order valence-electron chi connectivity index (χ2n) is 17.9. The van der Waals surface area contributed by atoms with Crippen LogP contribution in [0.25, 0.3) is 0 Å². The zero-order chi connectivity index (χ0) is 49.7. The molecule has 3 heterocycles. The summed E-state index contributed by atoms with van der Waals surface area (Å²) < 4.78 is 23.2. The van der Waals surface area contributed by atoms with Gasteiger partial charge in [0, 0.05) is 44.1 Å². The molecule has 0 aromatic heterocycles. The van der Waals surface area contributed by atoms with Crippen LogP contribution in [0.3, 0.4) is 0 Å². The number of aliphatic hydroxyl groups is 11. The molecule has 2 fully saturated rings. The number of nitrogens with one attached hydrogen (secondary N) is 1. The number of carbonyl (C=O) groups excluding carboxylic acids is 2. The Hall–Kier alpha value is -3.48. The molecule has 19 heteroatoms. The van der Waals surface area contributed by atoms with Gasteiger partial charge in [0.25, 0.3) is 0 Å². The molecule has 380 valence electrons. The molecule has 18 atom stereocenters. The zero-order valence-corrected chi connectivity index (χ0v) is 38.6. The molecule has 6 unspecified atom stereocenters. The van der Waals surface area contributed by atoms with Crippen molar-refractivity contribution in [1.29, 1.82) is 0 Å². The monoisotopic (exact) mass is 953 g/mol. The SMILES string of the molecule is C[C@@H](CO)NC(=O)[C@H]1[C@@H]2CC(O[C@@H]3OC[C@@H](O)[C@H](N)[C@@H]3O)/C=C/C=C/C=C/C=C/C=C/C=C/C=C/[C@H](C)[C@@H](O)C[C@H](C)OC(=O)CC(O)CC(O)CC[C@@H](O)C(O)CC(O)CC(O)(C[C@@H]1O)O2. The number of cyclic esters (lactones) is 1. The summed E-state index contributed by atoms with van der Waals surface area (Å²) in [4.78, 5) is 26.1. The van der Waals surface area contributed by atoms with E-state index in [2.05, 4.69) is 5.32 Å². The Morgan fingerprint density at radius 2 is 1.34 bits per heavy atom. The van der Waals surface area contributed by atoms with E-state index in [9.17, 15) is 65.8 Å². The summed E-state index contributed by atoms with van der Waals surface area (Å²) in [5.41, 5.74) is 5.99. The van der Waals surface area contributed by atoms with E-state index in [1.54, 1.807) is 73.8 Å². The van der Waals surface area contributed by atoms with Crippen molar-refractivity contribution < 1.29 is 84.7 Å². The van der Waals surface area contributed by atoms with E-state index >= 15 is 0 Å². The van der Waals surface area contributed by atoms with Crippen LogP contribution < -0.4 is 11.1 Å². The van der Waals surface area contributed by atoms with Crippen LogP contribution in [0.4, 0.5) is 0 Å². The maximum absolute atomic E-state index is 13.6. The molecule has 19 nitrogen and oxygen atoms in total. The fourth-order valence-electron chi connectivity index (χ4n) is 7.89. The normalized spacial score (nSPS) is 42.7. The molecule has 3 aliphatic rings. The standard InChI is InChI=1S/C48H76N2O17/c1-29-16-14-12-10-8-6-4-5-7-9-11-13-15-17-35(66-47-45(61)44(49)40(59)28-64-47)24-41-43(46(62)50-30(2)27-51)39(58)26-48(63,67-41)25-34(54)22-38(57)36(55)19-18-32(52)21-33(53)23-42(60)65-31(3)20-37(29)56/h4-17,29-41,43-45,47,51-59,61,63H,18-28,49H2,1-3H3,(H,50,62)/b5-4+,8-6+,9-7+,12-10+,13-11+,16-14+,17-15+/t29-,30-,31-,32?,33?,34?,35?,36+,37-,38?,39-,40+,41-,43+,44-,45-,47-,48?/m0/s1. The summed E-state index contributed by atoms with van der Waals surface area (Å²) in [7, 11) is 0. The number of hydrogen-bond donors (Lipinski definition) is 13. The molecule has 0 spiro atoms. The first-order valence-corrected chi connectivity index (χ1v) is 23.1. The van der Waals surface area contributed by atoms with E-state index in [0.717, 1.165) is 0 Å². The first-order valence-electron chi connectivity index (χ1n) is 23.1. The summed E-state index contributed by atoms with van der Waals surface area (Å²) in [6.07, 6.45) is 5.25. The minimum absolute atomic E-state index is 0.101. The molecule has 0 aromatic rings. The van der Waals surface area contributed by atoms with Crippen molar-refractivity contribution in [1.82, 2.24) is 5.32 Å². The van der Waals surface area contributed by atoms with Crippen LogP contribution in [-0.2, 0) is 28.5 Å². The summed E-state index contributed by atoms with van der Waals surface area (Å²) >= 11 is 0. The van der Waals surface area contributed by atoms with E-state index in [1.807, 2.05) is 25.2 Å². The highest BCUT2D eigenvalue weighted by Crippen LogP contribution is 2.38. The fourth-order valence-corrected chi connectivity index (χ4v) is 7.89. The topological polar surface area (TPSA) is 332 Å². The Bertz CT molecular complexity index is 1690. The smallest absolute Gasteiger partial charge is 0.308 e. The minimum Gasteiger partial charge on any atom is -0.462 e. The molecule has 1 amide bonds. The predicted octanol–water partition coefficient (Wildman–Crippen LogP) is -0.510. The molecular formula is C48H76N2O17. The van der Waals surface area contributed by atoms with Crippen LogP contribution in [0.1, 0.15) is 78.6 Å². The maximum Gasteiger partial charge on any atom is 0.308 e. The van der Waals surface area contributed by atoms with Gasteiger partial charge in [0.2, 0.25) is 5.91 Å². The number of ether oxygens (including phenoxy) is 4. The zero-order valence-electron chi connectivity index (χ0n) is 38.6. The van der Waals surface area contributed by atoms with Gasteiger partial charge in [0.05, 0.1) is 92.6 Å². The lowest BCUT2D eigenvalue weighted by molar-refractivity contribution is -0.304. The Morgan fingerprint density at radius 3 is 1.96 bits per heavy atom. The summed E-state index contributed by atoms with van der Waals surface area (Å²) in [6, 6.07) is -1.85. The first-order chi connectivity index (χ1) is 31.7. The van der Waals surface area contributed by atoms with Crippen LogP contribution in [0.2, 0.25) is 0 Å². The quantitative estimate of drug-likeness (QED) is 0.154. The van der Waals surface area contributed by atoms with E-state index in [4.69, 9.17) is 24.7 Å². The van der Waals surface area contributed by atoms with Crippen molar-refractivity contribution in [2.24, 2.45) is 17.6 Å². The Kier molecular flexibility index (Phi) is 25.5. The molecule has 67 heavy (non-hydrogen) atoms. The van der Waals surface area contributed by atoms with Gasteiger partial charge in [-0.2, -0.15) is 0 Å². The second kappa shape index (κ2) is 29.5. The van der Waals surface area contributed by atoms with E-state index < -0.39 is 147 Å². The highest BCUT2D eigenvalue weighted by atomic mass is 16.7. The summed E-state index contributed by atoms with van der Waals surface area (Å²) in [6.45, 7) is 4.30. The van der Waals surface area contributed by atoms with Gasteiger partial charge in [0.15, 0.2) is 12.1 Å². The van der Waals surface area contributed by atoms with E-state index in [0.29, 0.717) is 0 Å².